The summed E-state index contributed by atoms with van der Waals surface area (Å²) < 4.78 is 10.3. The number of rotatable bonds is 8. The van der Waals surface area contributed by atoms with E-state index in [9.17, 15) is 9.59 Å². The molecule has 0 aromatic carbocycles. The number of hydrogen-bond acceptors (Lipinski definition) is 5. The molecule has 2 rings (SSSR count). The van der Waals surface area contributed by atoms with E-state index in [4.69, 9.17) is 9.15 Å². The standard InChI is InChI=1S/C18H26N2O4/c1-3-23-18(22)7-4-9-19-17(21)13-20-10-8-14(2)15(12-20)16-6-5-11-24-16/h5-6,11H,3-4,7-10,12-13H2,1-2H3,(H,19,21). The molecule has 0 aliphatic carbocycles. The molecule has 0 saturated heterocycles. The van der Waals surface area contributed by atoms with Crippen LogP contribution in [0.1, 0.15) is 38.9 Å². The zero-order valence-electron chi connectivity index (χ0n) is 14.5. The van der Waals surface area contributed by atoms with Gasteiger partial charge in [-0.15, -0.1) is 0 Å². The molecule has 1 aliphatic heterocycles. The number of amides is 1. The molecule has 1 amide bonds. The highest BCUT2D eigenvalue weighted by Gasteiger charge is 2.21. The second-order valence-electron chi connectivity index (χ2n) is 5.96. The first-order chi connectivity index (χ1) is 11.6. The minimum absolute atomic E-state index is 0.0165. The first kappa shape index (κ1) is 18.3. The van der Waals surface area contributed by atoms with Crippen molar-refractivity contribution < 1.29 is 18.7 Å². The number of nitrogens with one attached hydrogen (secondary N) is 1. The van der Waals surface area contributed by atoms with Crippen molar-refractivity contribution in [3.8, 4) is 0 Å². The topological polar surface area (TPSA) is 71.8 Å². The zero-order chi connectivity index (χ0) is 17.4. The highest BCUT2D eigenvalue weighted by molar-refractivity contribution is 5.78. The third kappa shape index (κ3) is 5.53. The summed E-state index contributed by atoms with van der Waals surface area (Å²) in [4.78, 5) is 25.4. The number of carbonyl (C=O) groups excluding carboxylic acids is 2. The summed E-state index contributed by atoms with van der Waals surface area (Å²) in [5, 5.41) is 2.86. The van der Waals surface area contributed by atoms with Crippen LogP contribution < -0.4 is 5.32 Å². The van der Waals surface area contributed by atoms with Crippen molar-refractivity contribution in [3.05, 3.63) is 29.7 Å². The predicted octanol–water partition coefficient (Wildman–Crippen LogP) is 2.22. The number of esters is 1. The molecule has 0 radical (unpaired) electrons. The van der Waals surface area contributed by atoms with Gasteiger partial charge in [-0.25, -0.2) is 0 Å². The maximum atomic E-state index is 12.0. The van der Waals surface area contributed by atoms with Crippen molar-refractivity contribution in [1.29, 1.82) is 0 Å². The maximum absolute atomic E-state index is 12.0. The minimum Gasteiger partial charge on any atom is -0.466 e. The van der Waals surface area contributed by atoms with Gasteiger partial charge in [0.2, 0.25) is 5.91 Å². The van der Waals surface area contributed by atoms with E-state index in [0.717, 1.165) is 25.3 Å². The first-order valence-corrected chi connectivity index (χ1v) is 8.47. The van der Waals surface area contributed by atoms with Crippen molar-refractivity contribution in [2.45, 2.75) is 33.1 Å². The van der Waals surface area contributed by atoms with Gasteiger partial charge < -0.3 is 14.5 Å². The van der Waals surface area contributed by atoms with Gasteiger partial charge in [0.15, 0.2) is 0 Å². The molecule has 0 saturated carbocycles. The summed E-state index contributed by atoms with van der Waals surface area (Å²) in [5.74, 6) is 0.649. The lowest BCUT2D eigenvalue weighted by Gasteiger charge is -2.28. The van der Waals surface area contributed by atoms with Crippen LogP contribution in [0.3, 0.4) is 0 Å². The Hall–Kier alpha value is -2.08. The molecule has 6 heteroatoms. The lowest BCUT2D eigenvalue weighted by Crippen LogP contribution is -2.40. The monoisotopic (exact) mass is 334 g/mol. The Morgan fingerprint density at radius 3 is 2.96 bits per heavy atom. The van der Waals surface area contributed by atoms with E-state index in [1.165, 1.54) is 11.1 Å². The van der Waals surface area contributed by atoms with E-state index in [-0.39, 0.29) is 11.9 Å². The zero-order valence-corrected chi connectivity index (χ0v) is 14.5. The summed E-state index contributed by atoms with van der Waals surface area (Å²) in [6.45, 7) is 6.73. The lowest BCUT2D eigenvalue weighted by molar-refractivity contribution is -0.143. The largest absolute Gasteiger partial charge is 0.466 e. The molecule has 0 bridgehead atoms. The number of hydrogen-bond donors (Lipinski definition) is 1. The maximum Gasteiger partial charge on any atom is 0.305 e. The molecular weight excluding hydrogens is 308 g/mol. The fourth-order valence-electron chi connectivity index (χ4n) is 2.74. The van der Waals surface area contributed by atoms with E-state index in [2.05, 4.69) is 17.1 Å². The smallest absolute Gasteiger partial charge is 0.305 e. The second-order valence-corrected chi connectivity index (χ2v) is 5.96. The average molecular weight is 334 g/mol. The summed E-state index contributed by atoms with van der Waals surface area (Å²) >= 11 is 0. The normalized spacial score (nSPS) is 15.4. The van der Waals surface area contributed by atoms with E-state index < -0.39 is 0 Å². The minimum atomic E-state index is -0.216. The summed E-state index contributed by atoms with van der Waals surface area (Å²) in [5.41, 5.74) is 2.48. The van der Waals surface area contributed by atoms with Crippen LogP contribution in [0.2, 0.25) is 0 Å². The molecule has 0 unspecified atom stereocenters. The summed E-state index contributed by atoms with van der Waals surface area (Å²) in [6.07, 6.45) is 3.54. The molecule has 0 spiro atoms. The van der Waals surface area contributed by atoms with Crippen molar-refractivity contribution in [1.82, 2.24) is 10.2 Å². The Kier molecular flexibility index (Phi) is 7.06. The summed E-state index contributed by atoms with van der Waals surface area (Å²) in [6, 6.07) is 3.84. The van der Waals surface area contributed by atoms with Gasteiger partial charge in [0.1, 0.15) is 5.76 Å². The number of ether oxygens (including phenoxy) is 1. The number of nitrogens with zero attached hydrogens (tertiary/aromatic N) is 1. The fourth-order valence-corrected chi connectivity index (χ4v) is 2.74. The lowest BCUT2D eigenvalue weighted by atomic mass is 9.99. The Bertz CT molecular complexity index is 578. The highest BCUT2D eigenvalue weighted by atomic mass is 16.5. The third-order valence-electron chi connectivity index (χ3n) is 4.07. The van der Waals surface area contributed by atoms with Crippen LogP contribution in [-0.2, 0) is 14.3 Å². The van der Waals surface area contributed by atoms with Gasteiger partial charge in [-0.1, -0.05) is 5.57 Å². The van der Waals surface area contributed by atoms with Crippen molar-refractivity contribution in [2.24, 2.45) is 0 Å². The second kappa shape index (κ2) is 9.27. The Morgan fingerprint density at radius 1 is 1.42 bits per heavy atom. The molecule has 1 aromatic rings. The third-order valence-corrected chi connectivity index (χ3v) is 4.07. The van der Waals surface area contributed by atoms with Crippen LogP contribution in [0.4, 0.5) is 0 Å². The van der Waals surface area contributed by atoms with Crippen LogP contribution in [-0.4, -0.2) is 49.6 Å². The molecule has 2 heterocycles. The van der Waals surface area contributed by atoms with Crippen molar-refractivity contribution in [3.63, 3.8) is 0 Å². The molecule has 0 atom stereocenters. The van der Waals surface area contributed by atoms with E-state index >= 15 is 0 Å². The van der Waals surface area contributed by atoms with Gasteiger partial charge in [-0.05, 0) is 38.8 Å². The van der Waals surface area contributed by atoms with Gasteiger partial charge in [0.05, 0.1) is 19.4 Å². The van der Waals surface area contributed by atoms with Crippen LogP contribution >= 0.6 is 0 Å². The van der Waals surface area contributed by atoms with Crippen molar-refractivity contribution >= 4 is 17.4 Å². The Balaban J connectivity index is 1.72. The van der Waals surface area contributed by atoms with Crippen molar-refractivity contribution in [2.75, 3.05) is 32.8 Å². The molecule has 1 aromatic heterocycles. The van der Waals surface area contributed by atoms with Gasteiger partial charge in [-0.3, -0.25) is 14.5 Å². The number of furan rings is 1. The molecular formula is C18H26N2O4. The first-order valence-electron chi connectivity index (χ1n) is 8.47. The van der Waals surface area contributed by atoms with Gasteiger partial charge in [0, 0.05) is 31.6 Å². The van der Waals surface area contributed by atoms with Crippen LogP contribution in [0.5, 0.6) is 0 Å². The Labute approximate surface area is 142 Å². The Morgan fingerprint density at radius 2 is 2.25 bits per heavy atom. The van der Waals surface area contributed by atoms with Crippen LogP contribution in [0, 0.1) is 0 Å². The molecule has 132 valence electrons. The predicted molar refractivity (Wildman–Crippen MR) is 91.2 cm³/mol. The quantitative estimate of drug-likeness (QED) is 0.583. The molecule has 24 heavy (non-hydrogen) atoms. The van der Waals surface area contributed by atoms with Gasteiger partial charge in [-0.2, -0.15) is 0 Å². The molecule has 6 nitrogen and oxygen atoms in total. The number of carbonyl (C=O) groups is 2. The molecule has 1 aliphatic rings. The van der Waals surface area contributed by atoms with Gasteiger partial charge in [0.25, 0.3) is 0 Å². The molecule has 1 N–H and O–H groups in total. The highest BCUT2D eigenvalue weighted by Crippen LogP contribution is 2.26. The SMILES string of the molecule is CCOC(=O)CCCNC(=O)CN1CCC(C)=C(c2ccco2)C1. The molecule has 0 fully saturated rings. The average Bonchev–Trinajstić information content (AvgIpc) is 3.08. The van der Waals surface area contributed by atoms with E-state index in [0.29, 0.717) is 32.5 Å². The van der Waals surface area contributed by atoms with Gasteiger partial charge >= 0.3 is 5.97 Å². The summed E-state index contributed by atoms with van der Waals surface area (Å²) in [7, 11) is 0. The van der Waals surface area contributed by atoms with E-state index in [1.807, 2.05) is 12.1 Å². The van der Waals surface area contributed by atoms with E-state index in [1.54, 1.807) is 13.2 Å². The van der Waals surface area contributed by atoms with Crippen LogP contribution in [0.15, 0.2) is 28.4 Å². The van der Waals surface area contributed by atoms with Crippen LogP contribution in [0.25, 0.3) is 5.57 Å². The fraction of sp³-hybridized carbons (Fsp3) is 0.556.